The van der Waals surface area contributed by atoms with Crippen LogP contribution in [0.15, 0.2) is 425 Å². The van der Waals surface area contributed by atoms with Crippen molar-refractivity contribution < 1.29 is 0 Å². The van der Waals surface area contributed by atoms with Crippen LogP contribution in [0.3, 0.4) is 0 Å². The van der Waals surface area contributed by atoms with Crippen molar-refractivity contribution in [2.45, 2.75) is 19.3 Å². The van der Waals surface area contributed by atoms with Gasteiger partial charge in [-0.1, -0.05) is 360 Å². The molecule has 1 aliphatic carbocycles. The van der Waals surface area contributed by atoms with Crippen molar-refractivity contribution in [3.8, 4) is 100 Å². The van der Waals surface area contributed by atoms with Crippen molar-refractivity contribution in [1.82, 2.24) is 9.13 Å². The second kappa shape index (κ2) is 27.1. The van der Waals surface area contributed by atoms with Gasteiger partial charge in [0.15, 0.2) is 0 Å². The molecule has 0 saturated carbocycles. The van der Waals surface area contributed by atoms with Gasteiger partial charge in [-0.15, -0.1) is 0 Å². The lowest BCUT2D eigenvalue weighted by Gasteiger charge is -2.23. The van der Waals surface area contributed by atoms with Gasteiger partial charge in [-0.05, 0) is 254 Å². The van der Waals surface area contributed by atoms with Crippen LogP contribution in [0, 0.1) is 0 Å². The highest BCUT2D eigenvalue weighted by Gasteiger charge is 2.36. The van der Waals surface area contributed by atoms with E-state index in [1.165, 1.54) is 219 Å². The minimum absolute atomic E-state index is 0.0644. The number of fused-ring (bicyclic) bond motifs is 16. The highest BCUT2D eigenvalue weighted by Crippen LogP contribution is 2.53. The Kier molecular flexibility index (Phi) is 15.7. The van der Waals surface area contributed by atoms with Crippen LogP contribution < -0.4 is 0 Å². The van der Waals surface area contributed by atoms with E-state index in [9.17, 15) is 0 Å². The molecule has 0 radical (unpaired) electrons. The molecule has 117 heavy (non-hydrogen) atoms. The summed E-state index contributed by atoms with van der Waals surface area (Å²) in [6.07, 6.45) is 0. The van der Waals surface area contributed by atoms with Crippen molar-refractivity contribution in [2.24, 2.45) is 0 Å². The Labute approximate surface area is 678 Å². The molecule has 0 saturated heterocycles. The zero-order valence-electron chi connectivity index (χ0n) is 64.8. The smallest absolute Gasteiger partial charge is 0.0541 e. The second-order valence-electron chi connectivity index (χ2n) is 32.1. The fraction of sp³-hybridized carbons (Fsp3) is 0.0261. The van der Waals surface area contributed by atoms with E-state index in [1.54, 1.807) is 0 Å². The first-order valence-electron chi connectivity index (χ1n) is 40.8. The number of hydrogen-bond donors (Lipinski definition) is 0. The molecule has 2 aromatic heterocycles. The average molecular weight is 1490 g/mol. The number of para-hydroxylation sites is 2. The summed E-state index contributed by atoms with van der Waals surface area (Å²) in [5.41, 5.74) is 30.0. The summed E-state index contributed by atoms with van der Waals surface area (Å²) in [5.74, 6) is 0. The summed E-state index contributed by atoms with van der Waals surface area (Å²) in [6.45, 7) is 4.74. The molecule has 2 nitrogen and oxygen atoms in total. The molecule has 2 heterocycles. The summed E-state index contributed by atoms with van der Waals surface area (Å²) in [6, 6.07) is 157. The Morgan fingerprint density at radius 1 is 0.162 bits per heavy atom. The summed E-state index contributed by atoms with van der Waals surface area (Å²) in [4.78, 5) is 0. The van der Waals surface area contributed by atoms with Gasteiger partial charge in [-0.3, -0.25) is 0 Å². The van der Waals surface area contributed by atoms with Crippen LogP contribution in [-0.4, -0.2) is 9.13 Å². The van der Waals surface area contributed by atoms with Gasteiger partial charge in [0.1, 0.15) is 0 Å². The molecule has 546 valence electrons. The molecule has 0 amide bonds. The number of rotatable bonds is 9. The monoisotopic (exact) mass is 1480 g/mol. The average Bonchev–Trinajstić information content (AvgIpc) is 1.67. The Morgan fingerprint density at radius 2 is 0.462 bits per heavy atom. The first-order valence-corrected chi connectivity index (χ1v) is 40.8. The van der Waals surface area contributed by atoms with E-state index >= 15 is 0 Å². The van der Waals surface area contributed by atoms with Crippen LogP contribution in [0.25, 0.3) is 219 Å². The molecule has 0 fully saturated rings. The third kappa shape index (κ3) is 11.0. The van der Waals surface area contributed by atoms with Crippen LogP contribution in [0.4, 0.5) is 0 Å². The third-order valence-electron chi connectivity index (χ3n) is 25.3. The lowest BCUT2D eigenvalue weighted by molar-refractivity contribution is 0.660. The van der Waals surface area contributed by atoms with Crippen molar-refractivity contribution in [3.63, 3.8) is 0 Å². The van der Waals surface area contributed by atoms with Gasteiger partial charge in [0.2, 0.25) is 0 Å². The lowest BCUT2D eigenvalue weighted by atomic mass is 9.80. The third-order valence-corrected chi connectivity index (χ3v) is 25.3. The molecule has 0 N–H and O–H groups in total. The standard InChI is InChI=1S/C58H37N.C57H39N/c1-2-14-43-36-44(29-24-38(43)12-1)45-32-35-56-54(37-45)49-17-9-10-23-55(49)59(56)46-33-30-42(31-34-46)58-52-20-7-5-18-50(52)57(51-19-6-8-21-53(51)58)41-27-25-40(26-28-41)48-22-11-15-39-13-3-4-16-47(39)48;1-57(2)51-21-11-9-15-43(51)44-31-27-41(35-52(44)57)56-48-19-7-5-17-46(48)55(47-18-6-8-20-49(47)56)37-25-29-42(30-26-37)58-53-22-12-10-16-45(53)50-34-40(28-32-54(50)58)39-24-23-36-13-3-4-14-38(36)33-39/h1-37H;3-35H,1-2H3. The molecular weight excluding hydrogens is 1410 g/mol. The second-order valence-corrected chi connectivity index (χ2v) is 32.1. The number of benzene rings is 21. The summed E-state index contributed by atoms with van der Waals surface area (Å²) < 4.78 is 4.84. The first kappa shape index (κ1) is 67.7. The highest BCUT2D eigenvalue weighted by atomic mass is 15.0. The predicted octanol–water partition coefficient (Wildman–Crippen LogP) is 31.6. The zero-order chi connectivity index (χ0) is 77.4. The molecule has 21 aromatic carbocycles. The molecule has 0 aliphatic heterocycles. The fourth-order valence-electron chi connectivity index (χ4n) is 19.8. The van der Waals surface area contributed by atoms with Crippen LogP contribution in [-0.2, 0) is 5.41 Å². The van der Waals surface area contributed by atoms with Gasteiger partial charge in [-0.2, -0.15) is 0 Å². The van der Waals surface area contributed by atoms with Gasteiger partial charge < -0.3 is 9.13 Å². The SMILES string of the molecule is CC1(C)c2ccccc2-c2ccc(-c3c4ccccc4c(-c4ccc(-n5c6ccccc6c6cc(-c7ccc8ccccc8c7)ccc65)cc4)c4ccccc34)cc21.c1ccc2cc(-c3ccc4c(c3)c3ccccc3n4-c3ccc(-c4c5ccccc5c(-c5ccc(-c6cccc7ccccc67)cc5)c5ccccc45)cc3)ccc2c1. The minimum atomic E-state index is -0.0644. The Morgan fingerprint density at radius 3 is 0.923 bits per heavy atom. The highest BCUT2D eigenvalue weighted by molar-refractivity contribution is 6.24. The molecule has 1 aliphatic rings. The van der Waals surface area contributed by atoms with Gasteiger partial charge in [0, 0.05) is 38.3 Å². The number of hydrogen-bond acceptors (Lipinski definition) is 0. The van der Waals surface area contributed by atoms with Gasteiger partial charge in [0.25, 0.3) is 0 Å². The molecule has 24 rings (SSSR count). The Hall–Kier alpha value is -15.0. The van der Waals surface area contributed by atoms with Gasteiger partial charge in [-0.25, -0.2) is 0 Å². The molecule has 0 unspecified atom stereocenters. The first-order chi connectivity index (χ1) is 57.8. The molecule has 0 bridgehead atoms. The quantitative estimate of drug-likeness (QED) is 0.128. The molecule has 0 atom stereocenters. The maximum absolute atomic E-state index is 2.47. The fourth-order valence-corrected chi connectivity index (χ4v) is 19.8. The molecule has 0 spiro atoms. The van der Waals surface area contributed by atoms with Crippen LogP contribution in [0.2, 0.25) is 0 Å². The Bertz CT molecular complexity index is 7890. The van der Waals surface area contributed by atoms with Crippen molar-refractivity contribution in [2.75, 3.05) is 0 Å². The summed E-state index contributed by atoms with van der Waals surface area (Å²) in [7, 11) is 0. The minimum Gasteiger partial charge on any atom is -0.309 e. The van der Waals surface area contributed by atoms with E-state index in [4.69, 9.17) is 0 Å². The van der Waals surface area contributed by atoms with E-state index in [1.807, 2.05) is 0 Å². The predicted molar refractivity (Wildman–Crippen MR) is 500 cm³/mol. The van der Waals surface area contributed by atoms with E-state index in [-0.39, 0.29) is 5.41 Å². The van der Waals surface area contributed by atoms with Crippen LogP contribution in [0.1, 0.15) is 25.0 Å². The lowest BCUT2D eigenvalue weighted by Crippen LogP contribution is -2.14. The zero-order valence-corrected chi connectivity index (χ0v) is 64.8. The van der Waals surface area contributed by atoms with Crippen LogP contribution in [0.5, 0.6) is 0 Å². The normalized spacial score (nSPS) is 12.4. The van der Waals surface area contributed by atoms with Crippen molar-refractivity contribution in [3.05, 3.63) is 436 Å². The van der Waals surface area contributed by atoms with E-state index in [2.05, 4.69) is 448 Å². The topological polar surface area (TPSA) is 9.86 Å². The van der Waals surface area contributed by atoms with Crippen LogP contribution >= 0.6 is 0 Å². The van der Waals surface area contributed by atoms with Crippen molar-refractivity contribution >= 4 is 119 Å². The maximum atomic E-state index is 2.47. The van der Waals surface area contributed by atoms with E-state index in [0.717, 1.165) is 11.4 Å². The molecular formula is C115H76N2. The van der Waals surface area contributed by atoms with E-state index in [0.29, 0.717) is 0 Å². The number of aromatic nitrogens is 2. The van der Waals surface area contributed by atoms with E-state index < -0.39 is 0 Å². The van der Waals surface area contributed by atoms with Gasteiger partial charge in [0.05, 0.1) is 22.1 Å². The van der Waals surface area contributed by atoms with Crippen molar-refractivity contribution in [1.29, 1.82) is 0 Å². The Balaban J connectivity index is 0.000000138. The summed E-state index contributed by atoms with van der Waals surface area (Å²) in [5, 5.41) is 22.7. The van der Waals surface area contributed by atoms with Gasteiger partial charge >= 0.3 is 0 Å². The number of nitrogens with zero attached hydrogens (tertiary/aromatic N) is 2. The summed E-state index contributed by atoms with van der Waals surface area (Å²) >= 11 is 0. The molecule has 23 aromatic rings. The largest absolute Gasteiger partial charge is 0.309 e. The molecule has 2 heteroatoms. The maximum Gasteiger partial charge on any atom is 0.0541 e.